The van der Waals surface area contributed by atoms with Crippen molar-refractivity contribution in [3.63, 3.8) is 0 Å². The van der Waals surface area contributed by atoms with E-state index in [1.807, 2.05) is 5.43 Å². The monoisotopic (exact) mass is 214 g/mol. The van der Waals surface area contributed by atoms with E-state index in [4.69, 9.17) is 22.2 Å². The number of hydrogen-bond acceptors (Lipinski definition) is 3. The predicted molar refractivity (Wildman–Crippen MR) is 53.9 cm³/mol. The third-order valence-electron chi connectivity index (χ3n) is 1.62. The van der Waals surface area contributed by atoms with Crippen LogP contribution in [0.15, 0.2) is 24.3 Å². The van der Waals surface area contributed by atoms with E-state index in [0.717, 1.165) is 0 Å². The van der Waals surface area contributed by atoms with Crippen LogP contribution in [0.3, 0.4) is 0 Å². The van der Waals surface area contributed by atoms with Crippen molar-refractivity contribution in [2.75, 3.05) is 0 Å². The maximum absolute atomic E-state index is 11.0. The van der Waals surface area contributed by atoms with Gasteiger partial charge in [0.05, 0.1) is 0 Å². The lowest BCUT2D eigenvalue weighted by molar-refractivity contribution is -0.127. The number of ether oxygens (including phenoxy) is 1. The molecular weight excluding hydrogens is 204 g/mol. The van der Waals surface area contributed by atoms with E-state index >= 15 is 0 Å². The van der Waals surface area contributed by atoms with E-state index in [-0.39, 0.29) is 5.91 Å². The van der Waals surface area contributed by atoms with Crippen LogP contribution in [-0.4, -0.2) is 12.0 Å². The van der Waals surface area contributed by atoms with Gasteiger partial charge in [0, 0.05) is 5.02 Å². The molecule has 5 heteroatoms. The molecule has 0 radical (unpaired) electrons. The maximum Gasteiger partial charge on any atom is 0.274 e. The minimum Gasteiger partial charge on any atom is -0.481 e. The first-order valence-corrected chi connectivity index (χ1v) is 4.44. The van der Waals surface area contributed by atoms with Crippen molar-refractivity contribution in [2.45, 2.75) is 13.0 Å². The summed E-state index contributed by atoms with van der Waals surface area (Å²) in [6, 6.07) is 6.81. The van der Waals surface area contributed by atoms with Crippen LogP contribution < -0.4 is 16.0 Å². The van der Waals surface area contributed by atoms with Gasteiger partial charge < -0.3 is 4.74 Å². The van der Waals surface area contributed by atoms with Gasteiger partial charge in [0.1, 0.15) is 5.75 Å². The van der Waals surface area contributed by atoms with Crippen molar-refractivity contribution < 1.29 is 9.53 Å². The lowest BCUT2D eigenvalue weighted by Crippen LogP contribution is -2.40. The van der Waals surface area contributed by atoms with Gasteiger partial charge >= 0.3 is 0 Å². The SMILES string of the molecule is C[C@H](Oc1cccc(Cl)c1)C(=O)NN. The minimum absolute atomic E-state index is 0.384. The van der Waals surface area contributed by atoms with Crippen LogP contribution in [0.2, 0.25) is 5.02 Å². The fraction of sp³-hybridized carbons (Fsp3) is 0.222. The standard InChI is InChI=1S/C9H11ClN2O2/c1-6(9(13)12-11)14-8-4-2-3-7(10)5-8/h2-6H,11H2,1H3,(H,12,13)/t6-/m0/s1. The Balaban J connectivity index is 2.64. The summed E-state index contributed by atoms with van der Waals surface area (Å²) in [6.45, 7) is 1.60. The summed E-state index contributed by atoms with van der Waals surface area (Å²) in [4.78, 5) is 11.0. The molecular formula is C9H11ClN2O2. The van der Waals surface area contributed by atoms with Gasteiger partial charge in [0.2, 0.25) is 0 Å². The molecule has 1 amide bonds. The molecule has 0 fully saturated rings. The van der Waals surface area contributed by atoms with Gasteiger partial charge in [-0.05, 0) is 25.1 Å². The van der Waals surface area contributed by atoms with Crippen LogP contribution in [0, 0.1) is 0 Å². The Kier molecular flexibility index (Phi) is 3.73. The van der Waals surface area contributed by atoms with Gasteiger partial charge in [-0.1, -0.05) is 17.7 Å². The normalized spacial score (nSPS) is 11.9. The molecule has 0 spiro atoms. The first-order chi connectivity index (χ1) is 6.63. The molecule has 0 heterocycles. The quantitative estimate of drug-likeness (QED) is 0.450. The van der Waals surface area contributed by atoms with Gasteiger partial charge in [-0.3, -0.25) is 10.2 Å². The number of hydrazine groups is 1. The van der Waals surface area contributed by atoms with Crippen molar-refractivity contribution in [1.82, 2.24) is 5.43 Å². The van der Waals surface area contributed by atoms with Crippen LogP contribution in [0.1, 0.15) is 6.92 Å². The number of amides is 1. The second-order valence-corrected chi connectivity index (χ2v) is 3.16. The number of nitrogens with one attached hydrogen (secondary N) is 1. The Labute approximate surface area is 87.0 Å². The van der Waals surface area contributed by atoms with Gasteiger partial charge in [-0.15, -0.1) is 0 Å². The zero-order valence-corrected chi connectivity index (χ0v) is 8.41. The zero-order valence-electron chi connectivity index (χ0n) is 7.66. The van der Waals surface area contributed by atoms with E-state index in [9.17, 15) is 4.79 Å². The number of nitrogens with two attached hydrogens (primary N) is 1. The second-order valence-electron chi connectivity index (χ2n) is 2.73. The Bertz CT molecular complexity index is 330. The average molecular weight is 215 g/mol. The molecule has 0 aromatic heterocycles. The van der Waals surface area contributed by atoms with Crippen molar-refractivity contribution >= 4 is 17.5 Å². The molecule has 0 aliphatic carbocycles. The van der Waals surface area contributed by atoms with E-state index in [0.29, 0.717) is 10.8 Å². The van der Waals surface area contributed by atoms with Crippen molar-refractivity contribution in [3.05, 3.63) is 29.3 Å². The van der Waals surface area contributed by atoms with Gasteiger partial charge in [0.15, 0.2) is 6.10 Å². The van der Waals surface area contributed by atoms with Gasteiger partial charge in [-0.2, -0.15) is 0 Å². The fourth-order valence-electron chi connectivity index (χ4n) is 0.915. The molecule has 3 N–H and O–H groups in total. The molecule has 76 valence electrons. The third kappa shape index (κ3) is 2.90. The maximum atomic E-state index is 11.0. The number of benzene rings is 1. The lowest BCUT2D eigenvalue weighted by atomic mass is 10.3. The fourth-order valence-corrected chi connectivity index (χ4v) is 1.10. The molecule has 1 aromatic rings. The lowest BCUT2D eigenvalue weighted by Gasteiger charge is -2.12. The van der Waals surface area contributed by atoms with Gasteiger partial charge in [-0.25, -0.2) is 5.84 Å². The summed E-state index contributed by atoms with van der Waals surface area (Å²) in [5, 5.41) is 0.558. The Hall–Kier alpha value is -1.26. The van der Waals surface area contributed by atoms with Crippen LogP contribution in [0.4, 0.5) is 0 Å². The Morgan fingerprint density at radius 3 is 2.93 bits per heavy atom. The number of hydrogen-bond donors (Lipinski definition) is 2. The van der Waals surface area contributed by atoms with E-state index in [1.54, 1.807) is 31.2 Å². The summed E-state index contributed by atoms with van der Waals surface area (Å²) < 4.78 is 5.27. The summed E-state index contributed by atoms with van der Waals surface area (Å²) in [5.74, 6) is 5.10. The Morgan fingerprint density at radius 1 is 1.64 bits per heavy atom. The number of carbonyl (C=O) groups is 1. The van der Waals surface area contributed by atoms with Crippen molar-refractivity contribution in [1.29, 1.82) is 0 Å². The van der Waals surface area contributed by atoms with E-state index in [1.165, 1.54) is 0 Å². The molecule has 0 saturated carbocycles. The molecule has 0 saturated heterocycles. The first-order valence-electron chi connectivity index (χ1n) is 4.06. The first kappa shape index (κ1) is 10.8. The molecule has 14 heavy (non-hydrogen) atoms. The molecule has 0 aliphatic rings. The highest BCUT2D eigenvalue weighted by Gasteiger charge is 2.12. The molecule has 1 aromatic carbocycles. The number of rotatable bonds is 3. The van der Waals surface area contributed by atoms with Crippen LogP contribution in [-0.2, 0) is 4.79 Å². The molecule has 1 atom stereocenters. The highest BCUT2D eigenvalue weighted by Crippen LogP contribution is 2.18. The van der Waals surface area contributed by atoms with Crippen molar-refractivity contribution in [3.8, 4) is 5.75 Å². The molecule has 0 unspecified atom stereocenters. The summed E-state index contributed by atoms with van der Waals surface area (Å²) in [5.41, 5.74) is 2.00. The van der Waals surface area contributed by atoms with Crippen LogP contribution in [0.25, 0.3) is 0 Å². The Morgan fingerprint density at radius 2 is 2.36 bits per heavy atom. The molecule has 0 aliphatic heterocycles. The van der Waals surface area contributed by atoms with Gasteiger partial charge in [0.25, 0.3) is 5.91 Å². The summed E-state index contributed by atoms with van der Waals surface area (Å²) >= 11 is 5.74. The van der Waals surface area contributed by atoms with Crippen LogP contribution in [0.5, 0.6) is 5.75 Å². The molecule has 1 rings (SSSR count). The van der Waals surface area contributed by atoms with Crippen LogP contribution >= 0.6 is 11.6 Å². The molecule has 4 nitrogen and oxygen atoms in total. The van der Waals surface area contributed by atoms with Crippen molar-refractivity contribution in [2.24, 2.45) is 5.84 Å². The predicted octanol–water partition coefficient (Wildman–Crippen LogP) is 1.10. The van der Waals surface area contributed by atoms with E-state index in [2.05, 4.69) is 0 Å². The number of carbonyl (C=O) groups excluding carboxylic acids is 1. The number of halogens is 1. The third-order valence-corrected chi connectivity index (χ3v) is 1.86. The minimum atomic E-state index is -0.640. The average Bonchev–Trinajstić information content (AvgIpc) is 2.16. The largest absolute Gasteiger partial charge is 0.481 e. The second kappa shape index (κ2) is 4.83. The van der Waals surface area contributed by atoms with E-state index < -0.39 is 6.10 Å². The zero-order chi connectivity index (χ0) is 10.6. The molecule has 0 bridgehead atoms. The summed E-state index contributed by atoms with van der Waals surface area (Å²) in [7, 11) is 0. The topological polar surface area (TPSA) is 64.3 Å². The smallest absolute Gasteiger partial charge is 0.274 e. The highest BCUT2D eigenvalue weighted by molar-refractivity contribution is 6.30. The summed E-state index contributed by atoms with van der Waals surface area (Å²) in [6.07, 6.45) is -0.640. The highest BCUT2D eigenvalue weighted by atomic mass is 35.5.